The van der Waals surface area contributed by atoms with E-state index in [1.807, 2.05) is 0 Å². The summed E-state index contributed by atoms with van der Waals surface area (Å²) in [5.41, 5.74) is 6.30. The highest BCUT2D eigenvalue weighted by atomic mass is 16.4. The average molecular weight is 249 g/mol. The number of rotatable bonds is 3. The fourth-order valence-electron chi connectivity index (χ4n) is 2.36. The zero-order valence-corrected chi connectivity index (χ0v) is 10.6. The Bertz CT molecular complexity index is 426. The van der Waals surface area contributed by atoms with Crippen LogP contribution in [0.1, 0.15) is 31.7 Å². The second kappa shape index (κ2) is 5.66. The van der Waals surface area contributed by atoms with Gasteiger partial charge in [0.2, 0.25) is 0 Å². The number of piperidine rings is 1. The first kappa shape index (κ1) is 12.6. The molecule has 0 aromatic carbocycles. The van der Waals surface area contributed by atoms with Gasteiger partial charge in [-0.05, 0) is 24.8 Å². The molecule has 1 fully saturated rings. The molecule has 3 N–H and O–H groups in total. The van der Waals surface area contributed by atoms with Gasteiger partial charge in [-0.3, -0.25) is 0 Å². The van der Waals surface area contributed by atoms with Crippen molar-refractivity contribution in [1.29, 1.82) is 0 Å². The van der Waals surface area contributed by atoms with Crippen LogP contribution in [0.15, 0.2) is 17.4 Å². The maximum absolute atomic E-state index is 8.79. The molecule has 2 heterocycles. The van der Waals surface area contributed by atoms with Crippen molar-refractivity contribution in [3.05, 3.63) is 17.8 Å². The number of amidine groups is 1. The van der Waals surface area contributed by atoms with E-state index in [0.29, 0.717) is 11.4 Å². The smallest absolute Gasteiger partial charge is 0.173 e. The van der Waals surface area contributed by atoms with E-state index in [-0.39, 0.29) is 5.84 Å². The highest BCUT2D eigenvalue weighted by Crippen LogP contribution is 2.25. The van der Waals surface area contributed by atoms with E-state index in [1.165, 1.54) is 6.42 Å². The third-order valence-electron chi connectivity index (χ3n) is 3.58. The predicted molar refractivity (Wildman–Crippen MR) is 69.8 cm³/mol. The van der Waals surface area contributed by atoms with Crippen LogP contribution in [0, 0.1) is 5.92 Å². The zero-order chi connectivity index (χ0) is 13.0. The molecule has 1 aliphatic heterocycles. The molecule has 1 saturated heterocycles. The average Bonchev–Trinajstić information content (AvgIpc) is 2.46. The summed E-state index contributed by atoms with van der Waals surface area (Å²) in [6.07, 6.45) is 5.09. The zero-order valence-electron chi connectivity index (χ0n) is 10.6. The van der Waals surface area contributed by atoms with Gasteiger partial charge >= 0.3 is 0 Å². The molecule has 0 saturated carbocycles. The fraction of sp³-hybridized carbons (Fsp3) is 0.583. The Kier molecular flexibility index (Phi) is 3.96. The van der Waals surface area contributed by atoms with Crippen LogP contribution in [0.3, 0.4) is 0 Å². The lowest BCUT2D eigenvalue weighted by atomic mass is 9.94. The first-order chi connectivity index (χ1) is 8.76. The van der Waals surface area contributed by atoms with Crippen molar-refractivity contribution in [2.75, 3.05) is 18.0 Å². The van der Waals surface area contributed by atoms with Crippen LogP contribution in [0.4, 0.5) is 5.82 Å². The number of aromatic nitrogens is 2. The molecule has 18 heavy (non-hydrogen) atoms. The lowest BCUT2D eigenvalue weighted by Gasteiger charge is -2.32. The van der Waals surface area contributed by atoms with E-state index in [0.717, 1.165) is 31.8 Å². The van der Waals surface area contributed by atoms with Crippen LogP contribution in [0.2, 0.25) is 0 Å². The Labute approximate surface area is 106 Å². The van der Waals surface area contributed by atoms with E-state index < -0.39 is 0 Å². The molecule has 1 aliphatic rings. The van der Waals surface area contributed by atoms with Gasteiger partial charge in [0.15, 0.2) is 11.7 Å². The van der Waals surface area contributed by atoms with Gasteiger partial charge in [0.05, 0.1) is 11.8 Å². The Morgan fingerprint density at radius 1 is 1.56 bits per heavy atom. The molecule has 6 nitrogen and oxygen atoms in total. The summed E-state index contributed by atoms with van der Waals surface area (Å²) in [6.45, 7) is 4.12. The number of hydrogen-bond donors (Lipinski definition) is 2. The van der Waals surface area contributed by atoms with Gasteiger partial charge in [0.1, 0.15) is 0 Å². The highest BCUT2D eigenvalue weighted by molar-refractivity contribution is 6.01. The summed E-state index contributed by atoms with van der Waals surface area (Å²) in [5, 5.41) is 19.9. The van der Waals surface area contributed by atoms with Crippen molar-refractivity contribution in [2.45, 2.75) is 26.2 Å². The van der Waals surface area contributed by atoms with Gasteiger partial charge in [0, 0.05) is 13.1 Å². The minimum atomic E-state index is 0.0810. The Balaban J connectivity index is 2.19. The molecule has 2 rings (SSSR count). The normalized spacial score (nSPS) is 18.1. The van der Waals surface area contributed by atoms with Gasteiger partial charge in [-0.25, -0.2) is 0 Å². The first-order valence-electron chi connectivity index (χ1n) is 6.30. The van der Waals surface area contributed by atoms with Crippen LogP contribution >= 0.6 is 0 Å². The van der Waals surface area contributed by atoms with Gasteiger partial charge in [-0.2, -0.15) is 5.10 Å². The number of anilines is 1. The molecule has 0 radical (unpaired) electrons. The molecule has 6 heteroatoms. The molecule has 0 spiro atoms. The predicted octanol–water partition coefficient (Wildman–Crippen LogP) is 1.20. The van der Waals surface area contributed by atoms with Crippen LogP contribution < -0.4 is 10.6 Å². The van der Waals surface area contributed by atoms with Crippen molar-refractivity contribution in [3.63, 3.8) is 0 Å². The minimum absolute atomic E-state index is 0.0810. The largest absolute Gasteiger partial charge is 0.409 e. The molecule has 98 valence electrons. The molecule has 0 bridgehead atoms. The first-order valence-corrected chi connectivity index (χ1v) is 6.30. The van der Waals surface area contributed by atoms with Crippen LogP contribution in [0.5, 0.6) is 0 Å². The molecular formula is C12H19N5O. The summed E-state index contributed by atoms with van der Waals surface area (Å²) in [5.74, 6) is 1.59. The molecule has 0 unspecified atom stereocenters. The molecule has 1 aromatic heterocycles. The standard InChI is InChI=1S/C12H19N5O/c1-2-9-4-7-17(8-5-9)12-10(11(13)16-18)3-6-14-15-12/h3,6,9,18H,2,4-5,7-8H2,1H3,(H2,13,16). The Hall–Kier alpha value is -1.85. The van der Waals surface area contributed by atoms with Crippen molar-refractivity contribution in [1.82, 2.24) is 10.2 Å². The van der Waals surface area contributed by atoms with Crippen molar-refractivity contribution in [3.8, 4) is 0 Å². The van der Waals surface area contributed by atoms with Gasteiger partial charge < -0.3 is 15.8 Å². The summed E-state index contributed by atoms with van der Waals surface area (Å²) >= 11 is 0. The van der Waals surface area contributed by atoms with Crippen LogP contribution in [-0.2, 0) is 0 Å². The molecule has 0 aliphatic carbocycles. The number of hydrogen-bond acceptors (Lipinski definition) is 5. The fourth-order valence-corrected chi connectivity index (χ4v) is 2.36. The summed E-state index contributed by atoms with van der Waals surface area (Å²) < 4.78 is 0. The number of oxime groups is 1. The van der Waals surface area contributed by atoms with Gasteiger partial charge in [0.25, 0.3) is 0 Å². The van der Waals surface area contributed by atoms with E-state index in [9.17, 15) is 0 Å². The number of nitrogens with zero attached hydrogens (tertiary/aromatic N) is 4. The van der Waals surface area contributed by atoms with E-state index in [1.54, 1.807) is 12.3 Å². The van der Waals surface area contributed by atoms with Crippen LogP contribution in [-0.4, -0.2) is 34.3 Å². The third-order valence-corrected chi connectivity index (χ3v) is 3.58. The molecule has 0 atom stereocenters. The van der Waals surface area contributed by atoms with Crippen LogP contribution in [0.25, 0.3) is 0 Å². The van der Waals surface area contributed by atoms with E-state index in [2.05, 4.69) is 27.2 Å². The lowest BCUT2D eigenvalue weighted by Crippen LogP contribution is -2.36. The van der Waals surface area contributed by atoms with E-state index >= 15 is 0 Å². The Morgan fingerprint density at radius 2 is 2.28 bits per heavy atom. The molecular weight excluding hydrogens is 230 g/mol. The van der Waals surface area contributed by atoms with Crippen molar-refractivity contribution in [2.24, 2.45) is 16.8 Å². The highest BCUT2D eigenvalue weighted by Gasteiger charge is 2.22. The quantitative estimate of drug-likeness (QED) is 0.364. The minimum Gasteiger partial charge on any atom is -0.409 e. The third kappa shape index (κ3) is 2.52. The summed E-state index contributed by atoms with van der Waals surface area (Å²) in [7, 11) is 0. The summed E-state index contributed by atoms with van der Waals surface area (Å²) in [4.78, 5) is 2.16. The second-order valence-corrected chi connectivity index (χ2v) is 4.59. The SMILES string of the molecule is CCC1CCN(c2nnccc2/C(N)=N/O)CC1. The van der Waals surface area contributed by atoms with Gasteiger partial charge in [-0.15, -0.1) is 5.10 Å². The molecule has 1 aromatic rings. The van der Waals surface area contributed by atoms with Gasteiger partial charge in [-0.1, -0.05) is 18.5 Å². The number of nitrogens with two attached hydrogens (primary N) is 1. The summed E-state index contributed by atoms with van der Waals surface area (Å²) in [6, 6.07) is 1.73. The monoisotopic (exact) mass is 249 g/mol. The maximum atomic E-state index is 8.79. The second-order valence-electron chi connectivity index (χ2n) is 4.59. The molecule has 0 amide bonds. The topological polar surface area (TPSA) is 87.6 Å². The van der Waals surface area contributed by atoms with Crippen molar-refractivity contribution < 1.29 is 5.21 Å². The van der Waals surface area contributed by atoms with E-state index in [4.69, 9.17) is 10.9 Å². The van der Waals surface area contributed by atoms with Crippen molar-refractivity contribution >= 4 is 11.7 Å². The maximum Gasteiger partial charge on any atom is 0.173 e. The Morgan fingerprint density at radius 3 is 2.89 bits per heavy atom. The lowest BCUT2D eigenvalue weighted by molar-refractivity contribution is 0.318.